The standard InChI is InChI=1S/C14H13N3O3/c15-12-7-6-10(8-11(12)13(18)19)17-14(20)16-9-4-2-1-3-5-9/h1-8H,15H2,(H,18,19)(H2,16,17,20). The molecule has 102 valence electrons. The van der Waals surface area contributed by atoms with E-state index in [-0.39, 0.29) is 11.3 Å². The number of amides is 2. The van der Waals surface area contributed by atoms with E-state index in [2.05, 4.69) is 10.6 Å². The smallest absolute Gasteiger partial charge is 0.337 e. The first-order chi connectivity index (χ1) is 9.56. The first kappa shape index (κ1) is 13.4. The topological polar surface area (TPSA) is 104 Å². The number of hydrogen-bond acceptors (Lipinski definition) is 3. The molecule has 5 N–H and O–H groups in total. The minimum atomic E-state index is -1.14. The van der Waals surface area contributed by atoms with Crippen LogP contribution >= 0.6 is 0 Å². The molecule has 20 heavy (non-hydrogen) atoms. The third kappa shape index (κ3) is 3.26. The zero-order valence-electron chi connectivity index (χ0n) is 10.5. The number of anilines is 3. The number of urea groups is 1. The molecular weight excluding hydrogens is 258 g/mol. The van der Waals surface area contributed by atoms with E-state index < -0.39 is 12.0 Å². The molecule has 0 aliphatic rings. The lowest BCUT2D eigenvalue weighted by Gasteiger charge is -2.09. The van der Waals surface area contributed by atoms with Crippen LogP contribution in [0.2, 0.25) is 0 Å². The average Bonchev–Trinajstić information content (AvgIpc) is 2.41. The van der Waals surface area contributed by atoms with Crippen molar-refractivity contribution in [1.82, 2.24) is 0 Å². The number of carboxylic acids is 1. The van der Waals surface area contributed by atoms with Gasteiger partial charge in [0.15, 0.2) is 0 Å². The van der Waals surface area contributed by atoms with Gasteiger partial charge in [-0.3, -0.25) is 0 Å². The van der Waals surface area contributed by atoms with Crippen molar-refractivity contribution in [1.29, 1.82) is 0 Å². The second-order valence-corrected chi connectivity index (χ2v) is 4.05. The predicted octanol–water partition coefficient (Wildman–Crippen LogP) is 2.61. The maximum atomic E-state index is 11.7. The lowest BCUT2D eigenvalue weighted by Crippen LogP contribution is -2.19. The number of rotatable bonds is 3. The molecule has 2 aromatic rings. The van der Waals surface area contributed by atoms with Gasteiger partial charge in [-0.25, -0.2) is 9.59 Å². The monoisotopic (exact) mass is 271 g/mol. The Hall–Kier alpha value is -3.02. The second-order valence-electron chi connectivity index (χ2n) is 4.05. The van der Waals surface area contributed by atoms with E-state index >= 15 is 0 Å². The number of nitrogens with two attached hydrogens (primary N) is 1. The van der Waals surface area contributed by atoms with Crippen molar-refractivity contribution >= 4 is 29.1 Å². The summed E-state index contributed by atoms with van der Waals surface area (Å²) in [6.07, 6.45) is 0. The van der Waals surface area contributed by atoms with E-state index in [0.717, 1.165) is 0 Å². The third-order valence-electron chi connectivity index (χ3n) is 2.57. The summed E-state index contributed by atoms with van der Waals surface area (Å²) >= 11 is 0. The summed E-state index contributed by atoms with van der Waals surface area (Å²) in [6.45, 7) is 0. The van der Waals surface area contributed by atoms with E-state index in [4.69, 9.17) is 10.8 Å². The van der Waals surface area contributed by atoms with Crippen LogP contribution in [-0.2, 0) is 0 Å². The van der Waals surface area contributed by atoms with Crippen molar-refractivity contribution in [3.05, 3.63) is 54.1 Å². The summed E-state index contributed by atoms with van der Waals surface area (Å²) < 4.78 is 0. The van der Waals surface area contributed by atoms with Crippen LogP contribution in [0.4, 0.5) is 21.9 Å². The molecule has 0 bridgehead atoms. The number of benzene rings is 2. The Morgan fingerprint density at radius 3 is 2.25 bits per heavy atom. The predicted molar refractivity (Wildman–Crippen MR) is 76.9 cm³/mol. The first-order valence-corrected chi connectivity index (χ1v) is 5.82. The van der Waals surface area contributed by atoms with Gasteiger partial charge < -0.3 is 21.5 Å². The fourth-order valence-corrected chi connectivity index (χ4v) is 1.63. The molecule has 2 aromatic carbocycles. The number of aromatic carboxylic acids is 1. The van der Waals surface area contributed by atoms with Crippen LogP contribution in [0.3, 0.4) is 0 Å². The Morgan fingerprint density at radius 1 is 0.950 bits per heavy atom. The molecular formula is C14H13N3O3. The number of para-hydroxylation sites is 1. The van der Waals surface area contributed by atoms with Crippen molar-refractivity contribution in [3.8, 4) is 0 Å². The van der Waals surface area contributed by atoms with Crippen LogP contribution in [0.25, 0.3) is 0 Å². The lowest BCUT2D eigenvalue weighted by molar-refractivity contribution is 0.0698. The molecule has 0 saturated carbocycles. The molecule has 6 nitrogen and oxygen atoms in total. The van der Waals surface area contributed by atoms with Crippen molar-refractivity contribution in [2.45, 2.75) is 0 Å². The Labute approximate surface area is 115 Å². The van der Waals surface area contributed by atoms with Gasteiger partial charge in [0.2, 0.25) is 0 Å². The summed E-state index contributed by atoms with van der Waals surface area (Å²) in [7, 11) is 0. The highest BCUT2D eigenvalue weighted by atomic mass is 16.4. The molecule has 0 radical (unpaired) electrons. The maximum Gasteiger partial charge on any atom is 0.337 e. The van der Waals surface area contributed by atoms with Gasteiger partial charge in [-0.05, 0) is 30.3 Å². The largest absolute Gasteiger partial charge is 0.478 e. The number of nitrogens with one attached hydrogen (secondary N) is 2. The molecule has 0 aliphatic heterocycles. The first-order valence-electron chi connectivity index (χ1n) is 5.82. The summed E-state index contributed by atoms with van der Waals surface area (Å²) in [5.41, 5.74) is 6.62. The Kier molecular flexibility index (Phi) is 3.85. The zero-order chi connectivity index (χ0) is 14.5. The van der Waals surface area contributed by atoms with Gasteiger partial charge in [0, 0.05) is 17.1 Å². The van der Waals surface area contributed by atoms with Crippen molar-refractivity contribution in [2.24, 2.45) is 0 Å². The van der Waals surface area contributed by atoms with Crippen molar-refractivity contribution < 1.29 is 14.7 Å². The summed E-state index contributed by atoms with van der Waals surface area (Å²) in [4.78, 5) is 22.7. The van der Waals surface area contributed by atoms with Gasteiger partial charge in [-0.1, -0.05) is 18.2 Å². The highest BCUT2D eigenvalue weighted by molar-refractivity contribution is 6.01. The molecule has 0 aliphatic carbocycles. The van der Waals surface area contributed by atoms with Crippen molar-refractivity contribution in [2.75, 3.05) is 16.4 Å². The number of carbonyl (C=O) groups excluding carboxylic acids is 1. The number of nitrogen functional groups attached to an aromatic ring is 1. The summed E-state index contributed by atoms with van der Waals surface area (Å²) in [5.74, 6) is -1.14. The van der Waals surface area contributed by atoms with Crippen molar-refractivity contribution in [3.63, 3.8) is 0 Å². The molecule has 0 aromatic heterocycles. The Balaban J connectivity index is 2.08. The lowest BCUT2D eigenvalue weighted by atomic mass is 10.1. The van der Waals surface area contributed by atoms with Gasteiger partial charge in [0.05, 0.1) is 5.56 Å². The summed E-state index contributed by atoms with van der Waals surface area (Å²) in [5, 5.41) is 14.1. The average molecular weight is 271 g/mol. The highest BCUT2D eigenvalue weighted by Crippen LogP contribution is 2.18. The van der Waals surface area contributed by atoms with Crippen LogP contribution in [0.5, 0.6) is 0 Å². The second kappa shape index (κ2) is 5.75. The zero-order valence-corrected chi connectivity index (χ0v) is 10.5. The molecule has 0 atom stereocenters. The van der Waals surface area contributed by atoms with Crippen LogP contribution < -0.4 is 16.4 Å². The van der Waals surface area contributed by atoms with Crippen LogP contribution in [0.1, 0.15) is 10.4 Å². The van der Waals surface area contributed by atoms with E-state index in [9.17, 15) is 9.59 Å². The molecule has 0 fully saturated rings. The van der Waals surface area contributed by atoms with Crippen LogP contribution in [0.15, 0.2) is 48.5 Å². The Bertz CT molecular complexity index is 641. The molecule has 0 unspecified atom stereocenters. The van der Waals surface area contributed by atoms with Crippen LogP contribution in [0, 0.1) is 0 Å². The highest BCUT2D eigenvalue weighted by Gasteiger charge is 2.10. The van der Waals surface area contributed by atoms with Gasteiger partial charge in [0.1, 0.15) is 0 Å². The molecule has 0 spiro atoms. The molecule has 0 saturated heterocycles. The fraction of sp³-hybridized carbons (Fsp3) is 0. The Morgan fingerprint density at radius 2 is 1.60 bits per heavy atom. The van der Waals surface area contributed by atoms with Crippen LogP contribution in [-0.4, -0.2) is 17.1 Å². The van der Waals surface area contributed by atoms with Gasteiger partial charge in [-0.15, -0.1) is 0 Å². The quantitative estimate of drug-likeness (QED) is 0.644. The minimum absolute atomic E-state index is 0.0532. The van der Waals surface area contributed by atoms with Gasteiger partial charge in [0.25, 0.3) is 0 Å². The summed E-state index contributed by atoms with van der Waals surface area (Å²) in [6, 6.07) is 12.7. The molecule has 2 amide bonds. The number of carbonyl (C=O) groups is 2. The van der Waals surface area contributed by atoms with E-state index in [0.29, 0.717) is 11.4 Å². The van der Waals surface area contributed by atoms with E-state index in [1.807, 2.05) is 6.07 Å². The van der Waals surface area contributed by atoms with E-state index in [1.54, 1.807) is 24.3 Å². The van der Waals surface area contributed by atoms with Gasteiger partial charge in [-0.2, -0.15) is 0 Å². The van der Waals surface area contributed by atoms with Gasteiger partial charge >= 0.3 is 12.0 Å². The number of hydrogen-bond donors (Lipinski definition) is 4. The molecule has 0 heterocycles. The molecule has 6 heteroatoms. The minimum Gasteiger partial charge on any atom is -0.478 e. The SMILES string of the molecule is Nc1ccc(NC(=O)Nc2ccccc2)cc1C(=O)O. The third-order valence-corrected chi connectivity index (χ3v) is 2.57. The fourth-order valence-electron chi connectivity index (χ4n) is 1.63. The maximum absolute atomic E-state index is 11.7. The van der Waals surface area contributed by atoms with E-state index in [1.165, 1.54) is 18.2 Å². The normalized spacial score (nSPS) is 9.80. The number of carboxylic acid groups (broad SMARTS) is 1. The molecule has 2 rings (SSSR count).